The van der Waals surface area contributed by atoms with Crippen molar-refractivity contribution < 1.29 is 14.0 Å². The molecule has 7 nitrogen and oxygen atoms in total. The molecule has 0 spiro atoms. The molecule has 166 valence electrons. The Balaban J connectivity index is 1.23. The normalized spacial score (nSPS) is 19.4. The van der Waals surface area contributed by atoms with Gasteiger partial charge in [0.25, 0.3) is 11.8 Å². The van der Waals surface area contributed by atoms with Crippen LogP contribution in [-0.2, 0) is 4.79 Å². The van der Waals surface area contributed by atoms with E-state index >= 15 is 0 Å². The predicted octanol–water partition coefficient (Wildman–Crippen LogP) is 3.85. The van der Waals surface area contributed by atoms with Gasteiger partial charge in [0.15, 0.2) is 5.76 Å². The zero-order chi connectivity index (χ0) is 22.1. The Morgan fingerprint density at radius 1 is 1.06 bits per heavy atom. The Labute approximate surface area is 194 Å². The molecule has 1 atom stereocenters. The van der Waals surface area contributed by atoms with E-state index < -0.39 is 0 Å². The highest BCUT2D eigenvalue weighted by atomic mass is 32.1. The number of amides is 2. The van der Waals surface area contributed by atoms with Crippen LogP contribution in [-0.4, -0.2) is 65.1 Å². The van der Waals surface area contributed by atoms with Crippen LogP contribution in [0.1, 0.15) is 38.5 Å². The number of hydrogen-bond donors (Lipinski definition) is 0. The van der Waals surface area contributed by atoms with Crippen LogP contribution in [0, 0.1) is 6.92 Å². The lowest BCUT2D eigenvalue weighted by atomic mass is 10.1. The molecule has 9 heteroatoms. The van der Waals surface area contributed by atoms with Gasteiger partial charge in [0.1, 0.15) is 5.76 Å². The maximum Gasteiger partial charge on any atom is 0.289 e. The fraction of sp³-hybridized carbons (Fsp3) is 0.348. The molecule has 3 aromatic rings. The molecular weight excluding hydrogens is 444 g/mol. The zero-order valence-electron chi connectivity index (χ0n) is 17.8. The highest BCUT2D eigenvalue weighted by Crippen LogP contribution is 2.36. The average molecular weight is 469 g/mol. The maximum absolute atomic E-state index is 13.3. The van der Waals surface area contributed by atoms with E-state index in [0.29, 0.717) is 38.5 Å². The minimum Gasteiger partial charge on any atom is -0.456 e. The van der Waals surface area contributed by atoms with Gasteiger partial charge in [-0.15, -0.1) is 22.7 Å². The summed E-state index contributed by atoms with van der Waals surface area (Å²) in [4.78, 5) is 32.0. The molecule has 5 rings (SSSR count). The van der Waals surface area contributed by atoms with Crippen molar-refractivity contribution in [2.75, 3.05) is 32.7 Å². The van der Waals surface area contributed by atoms with Crippen molar-refractivity contribution in [1.82, 2.24) is 14.8 Å². The first-order chi connectivity index (χ1) is 15.6. The minimum atomic E-state index is -0.0911. The standard InChI is InChI=1S/C23H24N4O3S2/c1-16-6-7-19(30-16)23(29)26-10-8-25(9-11-26)15-22(28)27-18(21-5-3-13-32-21)14-17(24-27)20-4-2-12-31-20/h2-7,12-13,18H,8-11,14-15H2,1H3. The second kappa shape index (κ2) is 9.01. The molecular formula is C23H24N4O3S2. The van der Waals surface area contributed by atoms with Gasteiger partial charge in [0, 0.05) is 37.5 Å². The van der Waals surface area contributed by atoms with Crippen molar-refractivity contribution >= 4 is 40.2 Å². The molecule has 0 bridgehead atoms. The third-order valence-corrected chi connectivity index (χ3v) is 7.71. The van der Waals surface area contributed by atoms with Gasteiger partial charge in [0.05, 0.1) is 23.2 Å². The van der Waals surface area contributed by atoms with Crippen molar-refractivity contribution in [1.29, 1.82) is 0 Å². The van der Waals surface area contributed by atoms with Crippen LogP contribution >= 0.6 is 22.7 Å². The van der Waals surface area contributed by atoms with Crippen molar-refractivity contribution in [2.45, 2.75) is 19.4 Å². The SMILES string of the molecule is Cc1ccc(C(=O)N2CCN(CC(=O)N3N=C(c4cccs4)CC3c3cccs3)CC2)o1. The largest absolute Gasteiger partial charge is 0.456 e. The van der Waals surface area contributed by atoms with Gasteiger partial charge in [-0.3, -0.25) is 14.5 Å². The summed E-state index contributed by atoms with van der Waals surface area (Å²) in [5.74, 6) is 1.01. The third-order valence-electron chi connectivity index (χ3n) is 5.81. The van der Waals surface area contributed by atoms with Crippen LogP contribution in [0.2, 0.25) is 0 Å². The molecule has 2 amide bonds. The van der Waals surface area contributed by atoms with E-state index in [9.17, 15) is 9.59 Å². The molecule has 1 fully saturated rings. The second-order valence-electron chi connectivity index (χ2n) is 7.98. The lowest BCUT2D eigenvalue weighted by Gasteiger charge is -2.34. The summed E-state index contributed by atoms with van der Waals surface area (Å²) in [7, 11) is 0. The molecule has 1 saturated heterocycles. The van der Waals surface area contributed by atoms with E-state index in [4.69, 9.17) is 9.52 Å². The Morgan fingerprint density at radius 3 is 2.50 bits per heavy atom. The van der Waals surface area contributed by atoms with Crippen LogP contribution in [0.3, 0.4) is 0 Å². The minimum absolute atomic E-state index is 0.00334. The first-order valence-corrected chi connectivity index (χ1v) is 12.4. The molecule has 2 aliphatic rings. The topological polar surface area (TPSA) is 69.4 Å². The molecule has 0 aromatic carbocycles. The summed E-state index contributed by atoms with van der Waals surface area (Å²) in [6.45, 7) is 4.57. The number of hydrazone groups is 1. The first-order valence-electron chi connectivity index (χ1n) is 10.6. The van der Waals surface area contributed by atoms with E-state index in [-0.39, 0.29) is 17.9 Å². The summed E-state index contributed by atoms with van der Waals surface area (Å²) in [6, 6.07) is 11.6. The zero-order valence-corrected chi connectivity index (χ0v) is 19.4. The van der Waals surface area contributed by atoms with Crippen LogP contribution < -0.4 is 0 Å². The lowest BCUT2D eigenvalue weighted by molar-refractivity contribution is -0.134. The van der Waals surface area contributed by atoms with Gasteiger partial charge in [-0.05, 0) is 41.9 Å². The number of thiophene rings is 2. The fourth-order valence-corrected chi connectivity index (χ4v) is 5.65. The van der Waals surface area contributed by atoms with Gasteiger partial charge in [-0.2, -0.15) is 5.10 Å². The number of hydrogen-bond acceptors (Lipinski definition) is 7. The van der Waals surface area contributed by atoms with E-state index in [1.165, 1.54) is 0 Å². The third kappa shape index (κ3) is 4.28. The molecule has 32 heavy (non-hydrogen) atoms. The van der Waals surface area contributed by atoms with Crippen molar-refractivity contribution in [3.8, 4) is 0 Å². The average Bonchev–Trinajstić information content (AvgIpc) is 3.60. The summed E-state index contributed by atoms with van der Waals surface area (Å²) in [5, 5.41) is 10.5. The van der Waals surface area contributed by atoms with Gasteiger partial charge in [-0.25, -0.2) is 5.01 Å². The quantitative estimate of drug-likeness (QED) is 0.570. The summed E-state index contributed by atoms with van der Waals surface area (Å²) in [5.41, 5.74) is 0.968. The first kappa shape index (κ1) is 21.1. The summed E-state index contributed by atoms with van der Waals surface area (Å²) < 4.78 is 5.47. The highest BCUT2D eigenvalue weighted by molar-refractivity contribution is 7.12. The Morgan fingerprint density at radius 2 is 1.84 bits per heavy atom. The Bertz CT molecular complexity index is 1110. The molecule has 0 saturated carbocycles. The van der Waals surface area contributed by atoms with Crippen LogP contribution in [0.15, 0.2) is 56.7 Å². The maximum atomic E-state index is 13.3. The fourth-order valence-electron chi connectivity index (χ4n) is 4.11. The summed E-state index contributed by atoms with van der Waals surface area (Å²) >= 11 is 3.31. The van der Waals surface area contributed by atoms with Gasteiger partial charge >= 0.3 is 0 Å². The van der Waals surface area contributed by atoms with Crippen LogP contribution in [0.25, 0.3) is 0 Å². The molecule has 0 N–H and O–H groups in total. The number of nitrogens with zero attached hydrogens (tertiary/aromatic N) is 4. The number of carbonyl (C=O) groups excluding carboxylic acids is 2. The molecule has 2 aliphatic heterocycles. The van der Waals surface area contributed by atoms with E-state index in [1.807, 2.05) is 29.8 Å². The van der Waals surface area contributed by atoms with Gasteiger partial charge in [-0.1, -0.05) is 12.1 Å². The lowest BCUT2D eigenvalue weighted by Crippen LogP contribution is -2.51. The second-order valence-corrected chi connectivity index (χ2v) is 9.90. The summed E-state index contributed by atoms with van der Waals surface area (Å²) in [6.07, 6.45) is 0.734. The van der Waals surface area contributed by atoms with Crippen LogP contribution in [0.4, 0.5) is 0 Å². The number of rotatable bonds is 5. The Kier molecular flexibility index (Phi) is 5.95. The predicted molar refractivity (Wildman–Crippen MR) is 125 cm³/mol. The van der Waals surface area contributed by atoms with Crippen molar-refractivity contribution in [3.63, 3.8) is 0 Å². The smallest absolute Gasteiger partial charge is 0.289 e. The monoisotopic (exact) mass is 468 g/mol. The molecule has 0 radical (unpaired) electrons. The number of carbonyl (C=O) groups is 2. The van der Waals surface area contributed by atoms with Crippen molar-refractivity contribution in [2.24, 2.45) is 5.10 Å². The Hall–Kier alpha value is -2.75. The molecule has 0 aliphatic carbocycles. The molecule has 1 unspecified atom stereocenters. The van der Waals surface area contributed by atoms with E-state index in [2.05, 4.69) is 17.0 Å². The highest BCUT2D eigenvalue weighted by Gasteiger charge is 2.35. The van der Waals surface area contributed by atoms with Crippen molar-refractivity contribution in [3.05, 3.63) is 68.4 Å². The molecule has 5 heterocycles. The van der Waals surface area contributed by atoms with Gasteiger partial charge in [0.2, 0.25) is 0 Å². The number of aryl methyl sites for hydroxylation is 1. The van der Waals surface area contributed by atoms with Gasteiger partial charge < -0.3 is 9.32 Å². The van der Waals surface area contributed by atoms with E-state index in [1.54, 1.807) is 44.7 Å². The number of furan rings is 1. The van der Waals surface area contributed by atoms with E-state index in [0.717, 1.165) is 27.6 Å². The number of piperazine rings is 1. The van der Waals surface area contributed by atoms with Crippen LogP contribution in [0.5, 0.6) is 0 Å². The molecule has 3 aromatic heterocycles.